The molecule has 0 nitrogen and oxygen atoms in total. The number of hydrogen-bond acceptors (Lipinski definition) is 0. The van der Waals surface area contributed by atoms with E-state index in [9.17, 15) is 0 Å². The highest BCUT2D eigenvalue weighted by atomic mass is 35.7. The molecule has 0 aliphatic heterocycles. The second-order valence-electron chi connectivity index (χ2n) is 2.13. The molecule has 0 heterocycles. The molecular weight excluding hydrogens is 183 g/mol. The van der Waals surface area contributed by atoms with Crippen molar-refractivity contribution in [3.05, 3.63) is 29.8 Å². The van der Waals surface area contributed by atoms with E-state index in [4.69, 9.17) is 22.2 Å². The van der Waals surface area contributed by atoms with Gasteiger partial charge in [-0.25, -0.2) is 0 Å². The molecule has 0 aliphatic rings. The van der Waals surface area contributed by atoms with Crippen molar-refractivity contribution in [1.29, 1.82) is 0 Å². The van der Waals surface area contributed by atoms with Crippen molar-refractivity contribution in [3.8, 4) is 0 Å². The molecule has 0 saturated carbocycles. The van der Waals surface area contributed by atoms with Gasteiger partial charge in [0.05, 0.1) is 0 Å². The van der Waals surface area contributed by atoms with Crippen LogP contribution in [0.4, 0.5) is 0 Å². The van der Waals surface area contributed by atoms with Crippen LogP contribution in [0.15, 0.2) is 24.3 Å². The van der Waals surface area contributed by atoms with Crippen molar-refractivity contribution < 1.29 is 0 Å². The highest BCUT2D eigenvalue weighted by Gasteiger charge is 2.05. The molecule has 0 bridgehead atoms. The summed E-state index contributed by atoms with van der Waals surface area (Å²) in [4.78, 5) is 0. The van der Waals surface area contributed by atoms with Crippen molar-refractivity contribution in [1.82, 2.24) is 0 Å². The standard InChI is InChI=1S/C7H7Cl2Si/c1-6-2-4-7(5-3-6)10(8)9/h2-5H,1H3. The number of hydrogen-bond donors (Lipinski definition) is 0. The Morgan fingerprint density at radius 1 is 1.10 bits per heavy atom. The van der Waals surface area contributed by atoms with Gasteiger partial charge in [0.2, 0.25) is 0 Å². The number of halogens is 2. The van der Waals surface area contributed by atoms with E-state index >= 15 is 0 Å². The lowest BCUT2D eigenvalue weighted by molar-refractivity contribution is 1.49. The Morgan fingerprint density at radius 2 is 1.60 bits per heavy atom. The van der Waals surface area contributed by atoms with Gasteiger partial charge in [-0.1, -0.05) is 29.8 Å². The van der Waals surface area contributed by atoms with Crippen LogP contribution in [0.3, 0.4) is 0 Å². The summed E-state index contributed by atoms with van der Waals surface area (Å²) in [5.74, 6) is 0. The van der Waals surface area contributed by atoms with Gasteiger partial charge in [-0.15, -0.1) is 22.2 Å². The molecule has 0 unspecified atom stereocenters. The molecule has 3 heteroatoms. The molecule has 0 N–H and O–H groups in total. The molecule has 1 aromatic carbocycles. The molecule has 0 saturated heterocycles. The third-order valence-corrected chi connectivity index (χ3v) is 3.35. The zero-order valence-electron chi connectivity index (χ0n) is 5.57. The van der Waals surface area contributed by atoms with Crippen LogP contribution in [-0.4, -0.2) is 7.42 Å². The molecule has 53 valence electrons. The maximum atomic E-state index is 5.72. The lowest BCUT2D eigenvalue weighted by Gasteiger charge is -1.97. The Bertz CT molecular complexity index is 205. The van der Waals surface area contributed by atoms with Gasteiger partial charge in [0, 0.05) is 0 Å². The Kier molecular flexibility index (Phi) is 2.78. The maximum absolute atomic E-state index is 5.72. The molecule has 1 radical (unpaired) electrons. The first-order valence-corrected chi connectivity index (χ1v) is 6.47. The van der Waals surface area contributed by atoms with Gasteiger partial charge in [-0.05, 0) is 12.1 Å². The Morgan fingerprint density at radius 3 is 2.00 bits per heavy atom. The van der Waals surface area contributed by atoms with Crippen molar-refractivity contribution in [2.75, 3.05) is 0 Å². The quantitative estimate of drug-likeness (QED) is 0.470. The lowest BCUT2D eigenvalue weighted by Crippen LogP contribution is -2.16. The summed E-state index contributed by atoms with van der Waals surface area (Å²) in [6.45, 7) is 2.04. The zero-order valence-corrected chi connectivity index (χ0v) is 8.08. The summed E-state index contributed by atoms with van der Waals surface area (Å²) in [5.41, 5.74) is 1.24. The summed E-state index contributed by atoms with van der Waals surface area (Å²) in [5, 5.41) is 1.05. The van der Waals surface area contributed by atoms with Crippen molar-refractivity contribution in [2.45, 2.75) is 6.92 Å². The first-order chi connectivity index (χ1) is 4.70. The van der Waals surface area contributed by atoms with Crippen LogP contribution in [0.5, 0.6) is 0 Å². The smallest absolute Gasteiger partial charge is 0.140 e. The summed E-state index contributed by atoms with van der Waals surface area (Å²) in [6, 6.07) is 7.99. The van der Waals surface area contributed by atoms with Gasteiger partial charge < -0.3 is 0 Å². The van der Waals surface area contributed by atoms with Crippen LogP contribution in [-0.2, 0) is 0 Å². The fourth-order valence-electron chi connectivity index (χ4n) is 0.680. The fourth-order valence-corrected chi connectivity index (χ4v) is 1.85. The van der Waals surface area contributed by atoms with E-state index in [0.29, 0.717) is 0 Å². The molecule has 0 fully saturated rings. The molecule has 0 aliphatic carbocycles. The number of benzene rings is 1. The van der Waals surface area contributed by atoms with Crippen molar-refractivity contribution in [2.24, 2.45) is 0 Å². The fraction of sp³-hybridized carbons (Fsp3) is 0.143. The first-order valence-electron chi connectivity index (χ1n) is 2.95. The maximum Gasteiger partial charge on any atom is 0.307 e. The molecule has 1 rings (SSSR count). The van der Waals surface area contributed by atoms with E-state index in [2.05, 4.69) is 0 Å². The molecule has 0 atom stereocenters. The highest BCUT2D eigenvalue weighted by Crippen LogP contribution is 1.99. The van der Waals surface area contributed by atoms with E-state index in [1.165, 1.54) is 5.56 Å². The van der Waals surface area contributed by atoms with Crippen molar-refractivity contribution in [3.63, 3.8) is 0 Å². The summed E-state index contributed by atoms with van der Waals surface area (Å²) in [6.07, 6.45) is 0. The van der Waals surface area contributed by atoms with E-state index in [1.54, 1.807) is 0 Å². The van der Waals surface area contributed by atoms with Crippen LogP contribution in [0.2, 0.25) is 0 Å². The third kappa shape index (κ3) is 2.01. The molecule has 1 aromatic rings. The molecule has 10 heavy (non-hydrogen) atoms. The predicted octanol–water partition coefficient (Wildman–Crippen LogP) is 2.17. The average molecular weight is 190 g/mol. The van der Waals surface area contributed by atoms with Gasteiger partial charge >= 0.3 is 7.42 Å². The summed E-state index contributed by atoms with van der Waals surface area (Å²) < 4.78 is 0. The molecule has 0 amide bonds. The van der Waals surface area contributed by atoms with Crippen LogP contribution in [0.1, 0.15) is 5.56 Å². The molecule has 0 aromatic heterocycles. The van der Waals surface area contributed by atoms with Gasteiger partial charge in [0.25, 0.3) is 0 Å². The Labute approximate surface area is 71.8 Å². The lowest BCUT2D eigenvalue weighted by atomic mass is 10.2. The zero-order chi connectivity index (χ0) is 7.56. The number of rotatable bonds is 1. The molecule has 0 spiro atoms. The first kappa shape index (κ1) is 8.12. The van der Waals surface area contributed by atoms with Crippen molar-refractivity contribution >= 4 is 34.8 Å². The van der Waals surface area contributed by atoms with Gasteiger partial charge in [-0.2, -0.15) is 0 Å². The summed E-state index contributed by atoms with van der Waals surface area (Å²) >= 11 is 11.4. The third-order valence-electron chi connectivity index (χ3n) is 1.27. The van der Waals surface area contributed by atoms with Gasteiger partial charge in [0.15, 0.2) is 0 Å². The van der Waals surface area contributed by atoms with E-state index < -0.39 is 7.42 Å². The normalized spacial score (nSPS) is 10.4. The largest absolute Gasteiger partial charge is 0.307 e. The minimum Gasteiger partial charge on any atom is -0.140 e. The summed E-state index contributed by atoms with van der Waals surface area (Å²) in [7, 11) is -1.28. The van der Waals surface area contributed by atoms with Crippen LogP contribution in [0, 0.1) is 6.92 Å². The van der Waals surface area contributed by atoms with Crippen LogP contribution in [0.25, 0.3) is 0 Å². The second-order valence-corrected chi connectivity index (χ2v) is 6.07. The van der Waals surface area contributed by atoms with Gasteiger partial charge in [0.1, 0.15) is 0 Å². The monoisotopic (exact) mass is 189 g/mol. The number of aryl methyl sites for hydroxylation is 1. The van der Waals surface area contributed by atoms with E-state index in [1.807, 2.05) is 31.2 Å². The van der Waals surface area contributed by atoms with E-state index in [-0.39, 0.29) is 0 Å². The predicted molar refractivity (Wildman–Crippen MR) is 48.3 cm³/mol. The average Bonchev–Trinajstić information content (AvgIpc) is 1.88. The minimum atomic E-state index is -1.28. The van der Waals surface area contributed by atoms with Crippen LogP contribution >= 0.6 is 22.2 Å². The Hall–Kier alpha value is 0.0169. The van der Waals surface area contributed by atoms with Gasteiger partial charge in [-0.3, -0.25) is 0 Å². The Balaban J connectivity index is 2.89. The molecular formula is C7H7Cl2Si. The van der Waals surface area contributed by atoms with Crippen LogP contribution < -0.4 is 5.19 Å². The highest BCUT2D eigenvalue weighted by molar-refractivity contribution is 7.39. The second kappa shape index (κ2) is 3.42. The topological polar surface area (TPSA) is 0 Å². The van der Waals surface area contributed by atoms with E-state index in [0.717, 1.165) is 5.19 Å². The minimum absolute atomic E-state index is 1.05. The SMILES string of the molecule is Cc1ccc([Si](Cl)Cl)cc1.